The number of alkyl carbamates (subject to hydrolysis) is 1. The summed E-state index contributed by atoms with van der Waals surface area (Å²) in [5.74, 6) is -3.25. The number of carbonyl (C=O) groups is 1. The fourth-order valence-electron chi connectivity index (χ4n) is 1.74. The van der Waals surface area contributed by atoms with Crippen LogP contribution < -0.4 is 5.32 Å². The number of amides is 1. The molecule has 1 aromatic carbocycles. The normalized spacial score (nSPS) is 21.4. The number of hydrogen-bond acceptors (Lipinski definition) is 4. The van der Waals surface area contributed by atoms with Gasteiger partial charge in [0, 0.05) is 6.26 Å². The lowest BCUT2D eigenvalue weighted by Gasteiger charge is -2.31. The number of hydrogen-bond donors (Lipinski definition) is 1. The Hall–Kier alpha value is -1.41. The van der Waals surface area contributed by atoms with Gasteiger partial charge >= 0.3 is 12.0 Å². The van der Waals surface area contributed by atoms with Gasteiger partial charge in [0.05, 0.1) is 4.90 Å². The van der Waals surface area contributed by atoms with Crippen molar-refractivity contribution in [3.63, 3.8) is 0 Å². The molecule has 0 spiro atoms. The molecule has 0 unspecified atom stereocenters. The van der Waals surface area contributed by atoms with Gasteiger partial charge in [0.2, 0.25) is 0 Å². The van der Waals surface area contributed by atoms with Crippen LogP contribution in [0, 0.1) is 0 Å². The fraction of sp³-hybridized carbons (Fsp3) is 0.364. The molecule has 1 aliphatic rings. The number of rotatable bonds is 2. The molecule has 0 saturated carbocycles. The number of sulfone groups is 1. The van der Waals surface area contributed by atoms with E-state index in [4.69, 9.17) is 0 Å². The summed E-state index contributed by atoms with van der Waals surface area (Å²) in [6, 6.07) is 3.42. The molecule has 1 amide bonds. The molecule has 2 rings (SSSR count). The second kappa shape index (κ2) is 5.53. The monoisotopic (exact) mass is 327 g/mol. The van der Waals surface area contributed by atoms with Gasteiger partial charge in [-0.25, -0.2) is 22.0 Å². The zero-order chi connectivity index (χ0) is 14.3. The van der Waals surface area contributed by atoms with Crippen molar-refractivity contribution < 1.29 is 26.7 Å². The molecule has 1 fully saturated rings. The molecule has 112 valence electrons. The van der Waals surface area contributed by atoms with E-state index in [0.717, 1.165) is 6.26 Å². The molecule has 1 saturated heterocycles. The summed E-state index contributed by atoms with van der Waals surface area (Å²) in [6.07, 6.45) is 0.0930. The van der Waals surface area contributed by atoms with Crippen LogP contribution in [0.5, 0.6) is 0 Å². The molecule has 0 aromatic heterocycles. The summed E-state index contributed by atoms with van der Waals surface area (Å²) in [4.78, 5) is 11.0. The largest absolute Gasteiger partial charge is 0.443 e. The van der Waals surface area contributed by atoms with Gasteiger partial charge in [0.1, 0.15) is 6.04 Å². The average molecular weight is 328 g/mol. The van der Waals surface area contributed by atoms with Crippen LogP contribution >= 0.6 is 12.4 Å². The maximum Gasteiger partial charge on any atom is 0.408 e. The zero-order valence-corrected chi connectivity index (χ0v) is 11.9. The highest BCUT2D eigenvalue weighted by Gasteiger charge is 2.46. The first-order valence-electron chi connectivity index (χ1n) is 5.31. The highest BCUT2D eigenvalue weighted by molar-refractivity contribution is 7.90. The van der Waals surface area contributed by atoms with E-state index in [1.165, 1.54) is 24.3 Å². The summed E-state index contributed by atoms with van der Waals surface area (Å²) in [6.45, 7) is -1.00. The Kier molecular flexibility index (Phi) is 4.60. The van der Waals surface area contributed by atoms with Crippen LogP contribution in [0.15, 0.2) is 29.2 Å². The van der Waals surface area contributed by atoms with Gasteiger partial charge in [-0.15, -0.1) is 12.4 Å². The van der Waals surface area contributed by atoms with E-state index in [2.05, 4.69) is 4.74 Å². The summed E-state index contributed by atoms with van der Waals surface area (Å²) in [5, 5.41) is 2.02. The van der Waals surface area contributed by atoms with E-state index in [-0.39, 0.29) is 22.9 Å². The minimum Gasteiger partial charge on any atom is -0.443 e. The zero-order valence-electron chi connectivity index (χ0n) is 10.3. The average Bonchev–Trinajstić information content (AvgIpc) is 2.31. The van der Waals surface area contributed by atoms with Gasteiger partial charge in [-0.1, -0.05) is 12.1 Å². The predicted octanol–water partition coefficient (Wildman–Crippen LogP) is 1.93. The number of ether oxygens (including phenoxy) is 1. The van der Waals surface area contributed by atoms with Gasteiger partial charge in [0.15, 0.2) is 16.4 Å². The first-order valence-corrected chi connectivity index (χ1v) is 7.20. The Labute approximate surface area is 120 Å². The summed E-state index contributed by atoms with van der Waals surface area (Å²) < 4.78 is 54.0. The van der Waals surface area contributed by atoms with Crippen LogP contribution in [0.1, 0.15) is 11.6 Å². The second-order valence-electron chi connectivity index (χ2n) is 4.26. The van der Waals surface area contributed by atoms with E-state index in [1.54, 1.807) is 0 Å². The third-order valence-electron chi connectivity index (χ3n) is 2.72. The maximum absolute atomic E-state index is 13.6. The van der Waals surface area contributed by atoms with Crippen LogP contribution in [0.3, 0.4) is 0 Å². The molecule has 1 aliphatic heterocycles. The lowest BCUT2D eigenvalue weighted by molar-refractivity contribution is -0.104. The SMILES string of the molecule is CS(=O)(=O)c1ccc([C@H]2NC(=O)OCC2(F)F)cc1.Cl. The highest BCUT2D eigenvalue weighted by atomic mass is 35.5. The van der Waals surface area contributed by atoms with Crippen LogP contribution in [0.2, 0.25) is 0 Å². The van der Waals surface area contributed by atoms with Crippen molar-refractivity contribution in [3.05, 3.63) is 29.8 Å². The number of halogens is 3. The van der Waals surface area contributed by atoms with Gasteiger partial charge in [-0.2, -0.15) is 0 Å². The standard InChI is InChI=1S/C11H11F2NO4S.ClH/c1-19(16,17)8-4-2-7(3-5-8)9-11(12,13)6-18-10(15)14-9;/h2-5,9H,6H2,1H3,(H,14,15);1H/t9-;/m1./s1. The molecule has 1 atom stereocenters. The van der Waals surface area contributed by atoms with Crippen LogP contribution in [-0.2, 0) is 14.6 Å². The third-order valence-corrected chi connectivity index (χ3v) is 3.85. The summed E-state index contributed by atoms with van der Waals surface area (Å²) in [5.41, 5.74) is 0.119. The van der Waals surface area contributed by atoms with Crippen LogP contribution in [-0.4, -0.2) is 33.3 Å². The van der Waals surface area contributed by atoms with Gasteiger partial charge in [-0.05, 0) is 17.7 Å². The number of benzene rings is 1. The highest BCUT2D eigenvalue weighted by Crippen LogP contribution is 2.34. The first-order chi connectivity index (χ1) is 8.70. The van der Waals surface area contributed by atoms with Gasteiger partial charge in [-0.3, -0.25) is 0 Å². The second-order valence-corrected chi connectivity index (χ2v) is 6.27. The topological polar surface area (TPSA) is 72.5 Å². The molecule has 5 nitrogen and oxygen atoms in total. The molecular formula is C11H12ClF2NO4S. The number of cyclic esters (lactones) is 1. The van der Waals surface area contributed by atoms with Crippen LogP contribution in [0.4, 0.5) is 13.6 Å². The lowest BCUT2D eigenvalue weighted by Crippen LogP contribution is -2.49. The smallest absolute Gasteiger partial charge is 0.408 e. The minimum absolute atomic E-state index is 0. The summed E-state index contributed by atoms with van der Waals surface area (Å²) in [7, 11) is -3.39. The molecule has 1 N–H and O–H groups in total. The molecule has 9 heteroatoms. The molecule has 0 aliphatic carbocycles. The van der Waals surface area contributed by atoms with Crippen LogP contribution in [0.25, 0.3) is 0 Å². The number of alkyl halides is 2. The van der Waals surface area contributed by atoms with E-state index in [0.29, 0.717) is 0 Å². The van der Waals surface area contributed by atoms with Crippen molar-refractivity contribution in [2.45, 2.75) is 16.9 Å². The van der Waals surface area contributed by atoms with Crippen molar-refractivity contribution >= 4 is 28.3 Å². The van der Waals surface area contributed by atoms with E-state index in [9.17, 15) is 22.0 Å². The van der Waals surface area contributed by atoms with E-state index in [1.807, 2.05) is 5.32 Å². The molecule has 20 heavy (non-hydrogen) atoms. The van der Waals surface area contributed by atoms with Crippen molar-refractivity contribution in [3.8, 4) is 0 Å². The first kappa shape index (κ1) is 16.6. The van der Waals surface area contributed by atoms with Gasteiger partial charge in [0.25, 0.3) is 0 Å². The van der Waals surface area contributed by atoms with E-state index < -0.39 is 34.5 Å². The lowest BCUT2D eigenvalue weighted by atomic mass is 10.0. The molecule has 1 aromatic rings. The number of nitrogens with one attached hydrogen (secondary N) is 1. The van der Waals surface area contributed by atoms with Crippen molar-refractivity contribution in [1.29, 1.82) is 0 Å². The van der Waals surface area contributed by atoms with Gasteiger partial charge < -0.3 is 10.1 Å². The Morgan fingerprint density at radius 2 is 1.85 bits per heavy atom. The Balaban J connectivity index is 0.00000200. The fourth-order valence-corrected chi connectivity index (χ4v) is 2.38. The number of carbonyl (C=O) groups excluding carboxylic acids is 1. The molecule has 1 heterocycles. The Bertz CT molecular complexity index is 603. The Morgan fingerprint density at radius 3 is 2.35 bits per heavy atom. The molecule has 0 bridgehead atoms. The summed E-state index contributed by atoms with van der Waals surface area (Å²) >= 11 is 0. The predicted molar refractivity (Wildman–Crippen MR) is 69.0 cm³/mol. The maximum atomic E-state index is 13.6. The van der Waals surface area contributed by atoms with Crippen molar-refractivity contribution in [1.82, 2.24) is 5.32 Å². The van der Waals surface area contributed by atoms with E-state index >= 15 is 0 Å². The third kappa shape index (κ3) is 3.37. The van der Waals surface area contributed by atoms with Crippen molar-refractivity contribution in [2.24, 2.45) is 0 Å². The quantitative estimate of drug-likeness (QED) is 0.901. The minimum atomic E-state index is -3.39. The van der Waals surface area contributed by atoms with Crippen molar-refractivity contribution in [2.75, 3.05) is 12.9 Å². The molecular weight excluding hydrogens is 316 g/mol. The molecule has 0 radical (unpaired) electrons. The Morgan fingerprint density at radius 1 is 1.30 bits per heavy atom.